The molecule has 20 heavy (non-hydrogen) atoms. The van der Waals surface area contributed by atoms with Crippen molar-refractivity contribution in [1.29, 1.82) is 0 Å². The summed E-state index contributed by atoms with van der Waals surface area (Å²) in [6.45, 7) is 4.21. The molecule has 0 radical (unpaired) electrons. The zero-order chi connectivity index (χ0) is 14.7. The Bertz CT molecular complexity index is 489. The molecule has 0 aromatic heterocycles. The van der Waals surface area contributed by atoms with E-state index in [4.69, 9.17) is 16.3 Å². The van der Waals surface area contributed by atoms with Crippen LogP contribution in [0.5, 0.6) is 0 Å². The summed E-state index contributed by atoms with van der Waals surface area (Å²) < 4.78 is 32.4. The summed E-state index contributed by atoms with van der Waals surface area (Å²) in [5.74, 6) is -0.612. The molecule has 0 spiro atoms. The maximum absolute atomic E-state index is 13.3. The molecule has 0 saturated carbocycles. The molecule has 0 aromatic carbocycles. The van der Waals surface area contributed by atoms with Gasteiger partial charge in [0.2, 0.25) is 0 Å². The van der Waals surface area contributed by atoms with Gasteiger partial charge in [0.25, 0.3) is 0 Å². The third-order valence-electron chi connectivity index (χ3n) is 3.31. The lowest BCUT2D eigenvalue weighted by atomic mass is 9.93. The van der Waals surface area contributed by atoms with Gasteiger partial charge in [0.15, 0.2) is 0 Å². The monoisotopic (exact) mass is 300 g/mol. The van der Waals surface area contributed by atoms with E-state index in [9.17, 15) is 8.78 Å². The summed E-state index contributed by atoms with van der Waals surface area (Å²) in [6, 6.07) is 0. The topological polar surface area (TPSA) is 9.23 Å². The molecular weight excluding hydrogens is 282 g/mol. The Morgan fingerprint density at radius 1 is 1.40 bits per heavy atom. The van der Waals surface area contributed by atoms with Crippen molar-refractivity contribution in [2.75, 3.05) is 0 Å². The minimum atomic E-state index is -0.578. The summed E-state index contributed by atoms with van der Waals surface area (Å²) in [5.41, 5.74) is 1.02. The lowest BCUT2D eigenvalue weighted by Gasteiger charge is -2.28. The largest absolute Gasteiger partial charge is 0.366 e. The molecule has 0 saturated heterocycles. The van der Waals surface area contributed by atoms with Gasteiger partial charge in [0.1, 0.15) is 11.7 Å². The molecule has 0 fully saturated rings. The standard InChI is InChI=1S/C16H19ClF2O/c1-10(2)6-14-15(17)4-3-5-16(14)20-13-8-11(18)7-12(19)9-13/h3-4,7-8,10,13,16H,5-6,9H2,1-2H3. The van der Waals surface area contributed by atoms with E-state index in [-0.39, 0.29) is 12.5 Å². The molecule has 2 rings (SSSR count). The molecule has 2 unspecified atom stereocenters. The Hall–Kier alpha value is -0.930. The molecule has 0 heterocycles. The van der Waals surface area contributed by atoms with Gasteiger partial charge in [-0.2, -0.15) is 0 Å². The molecule has 0 amide bonds. The fourth-order valence-corrected chi connectivity index (χ4v) is 2.78. The van der Waals surface area contributed by atoms with Gasteiger partial charge < -0.3 is 4.74 Å². The van der Waals surface area contributed by atoms with Gasteiger partial charge in [-0.15, -0.1) is 0 Å². The van der Waals surface area contributed by atoms with E-state index in [0.29, 0.717) is 17.4 Å². The van der Waals surface area contributed by atoms with Crippen LogP contribution in [0.15, 0.2) is 46.6 Å². The number of ether oxygens (including phenoxy) is 1. The number of allylic oxidation sites excluding steroid dienone is 4. The number of hydrogen-bond donors (Lipinski definition) is 0. The Morgan fingerprint density at radius 3 is 2.80 bits per heavy atom. The molecule has 0 aromatic rings. The molecule has 2 aliphatic rings. The van der Waals surface area contributed by atoms with Crippen molar-refractivity contribution in [3.63, 3.8) is 0 Å². The normalized spacial score (nSPS) is 26.9. The maximum atomic E-state index is 13.3. The average molecular weight is 301 g/mol. The Morgan fingerprint density at radius 2 is 2.15 bits per heavy atom. The zero-order valence-electron chi connectivity index (χ0n) is 11.7. The number of hydrogen-bond acceptors (Lipinski definition) is 1. The van der Waals surface area contributed by atoms with Gasteiger partial charge in [0, 0.05) is 17.5 Å². The molecule has 110 valence electrons. The predicted octanol–water partition coefficient (Wildman–Crippen LogP) is 5.35. The average Bonchev–Trinajstić information content (AvgIpc) is 2.32. The highest BCUT2D eigenvalue weighted by Crippen LogP contribution is 2.32. The first kappa shape index (κ1) is 15.5. The number of halogens is 3. The van der Waals surface area contributed by atoms with Crippen molar-refractivity contribution in [2.45, 2.75) is 45.3 Å². The van der Waals surface area contributed by atoms with Crippen LogP contribution in [0.25, 0.3) is 0 Å². The van der Waals surface area contributed by atoms with E-state index in [1.54, 1.807) is 0 Å². The molecule has 0 bridgehead atoms. The fraction of sp³-hybridized carbons (Fsp3) is 0.500. The van der Waals surface area contributed by atoms with Crippen molar-refractivity contribution in [3.05, 3.63) is 46.6 Å². The summed E-state index contributed by atoms with van der Waals surface area (Å²) in [4.78, 5) is 0. The second-order valence-corrected chi connectivity index (χ2v) is 6.03. The summed E-state index contributed by atoms with van der Waals surface area (Å²) in [7, 11) is 0. The Labute approximate surface area is 123 Å². The summed E-state index contributed by atoms with van der Waals surface area (Å²) in [5, 5.41) is 0.686. The van der Waals surface area contributed by atoms with Crippen LogP contribution in [0, 0.1) is 5.92 Å². The molecule has 0 N–H and O–H groups in total. The second-order valence-electron chi connectivity index (χ2n) is 5.62. The SMILES string of the molecule is CC(C)CC1=C(Cl)C=CCC1OC1C=C(F)C=C(F)C1. The molecule has 2 atom stereocenters. The Balaban J connectivity index is 2.09. The van der Waals surface area contributed by atoms with E-state index in [1.807, 2.05) is 12.2 Å². The highest BCUT2D eigenvalue weighted by Gasteiger charge is 2.25. The summed E-state index contributed by atoms with van der Waals surface area (Å²) in [6.07, 6.45) is 6.86. The van der Waals surface area contributed by atoms with Crippen molar-refractivity contribution in [3.8, 4) is 0 Å². The van der Waals surface area contributed by atoms with Crippen LogP contribution in [-0.2, 0) is 4.74 Å². The highest BCUT2D eigenvalue weighted by molar-refractivity contribution is 6.31. The molecule has 0 aliphatic heterocycles. The smallest absolute Gasteiger partial charge is 0.124 e. The van der Waals surface area contributed by atoms with Crippen molar-refractivity contribution >= 4 is 11.6 Å². The second kappa shape index (κ2) is 6.68. The van der Waals surface area contributed by atoms with E-state index in [2.05, 4.69) is 13.8 Å². The van der Waals surface area contributed by atoms with Gasteiger partial charge in [-0.1, -0.05) is 31.5 Å². The van der Waals surface area contributed by atoms with Crippen LogP contribution in [0.2, 0.25) is 0 Å². The number of rotatable bonds is 4. The van der Waals surface area contributed by atoms with Crippen LogP contribution in [0.1, 0.15) is 33.1 Å². The fourth-order valence-electron chi connectivity index (χ4n) is 2.49. The minimum Gasteiger partial charge on any atom is -0.366 e. The zero-order valence-corrected chi connectivity index (χ0v) is 12.5. The predicted molar refractivity (Wildman–Crippen MR) is 77.8 cm³/mol. The molecule has 4 heteroatoms. The third kappa shape index (κ3) is 4.03. The minimum absolute atomic E-state index is 0.0835. The van der Waals surface area contributed by atoms with Gasteiger partial charge in [-0.3, -0.25) is 0 Å². The summed E-state index contributed by atoms with van der Waals surface area (Å²) >= 11 is 6.23. The molecule has 1 nitrogen and oxygen atoms in total. The lowest BCUT2D eigenvalue weighted by Crippen LogP contribution is -2.26. The van der Waals surface area contributed by atoms with E-state index >= 15 is 0 Å². The van der Waals surface area contributed by atoms with Crippen LogP contribution in [0.4, 0.5) is 8.78 Å². The third-order valence-corrected chi connectivity index (χ3v) is 3.68. The van der Waals surface area contributed by atoms with Gasteiger partial charge in [0.05, 0.1) is 12.2 Å². The van der Waals surface area contributed by atoms with Crippen molar-refractivity contribution < 1.29 is 13.5 Å². The van der Waals surface area contributed by atoms with E-state index in [0.717, 1.165) is 18.1 Å². The van der Waals surface area contributed by atoms with E-state index in [1.165, 1.54) is 6.08 Å². The molecule has 2 aliphatic carbocycles. The van der Waals surface area contributed by atoms with Gasteiger partial charge in [-0.05, 0) is 36.5 Å². The van der Waals surface area contributed by atoms with Crippen LogP contribution < -0.4 is 0 Å². The highest BCUT2D eigenvalue weighted by atomic mass is 35.5. The van der Waals surface area contributed by atoms with Gasteiger partial charge >= 0.3 is 0 Å². The van der Waals surface area contributed by atoms with Crippen LogP contribution >= 0.6 is 11.6 Å². The van der Waals surface area contributed by atoms with Crippen molar-refractivity contribution in [1.82, 2.24) is 0 Å². The Kier molecular flexibility index (Phi) is 5.17. The quantitative estimate of drug-likeness (QED) is 0.680. The van der Waals surface area contributed by atoms with Crippen molar-refractivity contribution in [2.24, 2.45) is 5.92 Å². The molecular formula is C16H19ClF2O. The van der Waals surface area contributed by atoms with Crippen LogP contribution in [-0.4, -0.2) is 12.2 Å². The van der Waals surface area contributed by atoms with Crippen LogP contribution in [0.3, 0.4) is 0 Å². The first-order valence-corrected chi connectivity index (χ1v) is 7.27. The lowest BCUT2D eigenvalue weighted by molar-refractivity contribution is 0.0285. The van der Waals surface area contributed by atoms with Gasteiger partial charge in [-0.25, -0.2) is 8.78 Å². The first-order valence-electron chi connectivity index (χ1n) is 6.89. The first-order chi connectivity index (χ1) is 9.45. The van der Waals surface area contributed by atoms with E-state index < -0.39 is 17.8 Å². The maximum Gasteiger partial charge on any atom is 0.124 e.